The lowest BCUT2D eigenvalue weighted by Crippen LogP contribution is -1.77. The number of hydrogen-bond donors (Lipinski definition) is 1. The molecule has 0 atom stereocenters. The van der Waals surface area contributed by atoms with Crippen LogP contribution in [0.5, 0.6) is 0 Å². The van der Waals surface area contributed by atoms with E-state index in [-0.39, 0.29) is 0 Å². The highest BCUT2D eigenvalue weighted by molar-refractivity contribution is 7.80. The quantitative estimate of drug-likeness (QED) is 0.564. The molecular weight excluding hydrogens is 128 g/mol. The zero-order chi connectivity index (χ0) is 6.69. The van der Waals surface area contributed by atoms with E-state index < -0.39 is 0 Å². The third-order valence-electron chi connectivity index (χ3n) is 1.20. The molecule has 9 heavy (non-hydrogen) atoms. The minimum Gasteiger partial charge on any atom is -0.143 e. The summed E-state index contributed by atoms with van der Waals surface area (Å²) < 4.78 is 0. The van der Waals surface area contributed by atoms with Gasteiger partial charge in [-0.3, -0.25) is 0 Å². The van der Waals surface area contributed by atoms with E-state index in [1.807, 2.05) is 24.3 Å². The molecule has 1 rings (SSSR count). The first-order chi connectivity index (χ1) is 4.33. The second-order valence-corrected chi connectivity index (χ2v) is 2.44. The van der Waals surface area contributed by atoms with Crippen LogP contribution in [0.1, 0.15) is 5.56 Å². The summed E-state index contributed by atoms with van der Waals surface area (Å²) in [4.78, 5) is 1.01. The van der Waals surface area contributed by atoms with Crippen LogP contribution in [0.4, 0.5) is 0 Å². The molecule has 0 N–H and O–H groups in total. The van der Waals surface area contributed by atoms with Crippen LogP contribution in [0.2, 0.25) is 0 Å². The molecular formula is C8H9S. The average molecular weight is 137 g/mol. The number of rotatable bonds is 1. The fourth-order valence-corrected chi connectivity index (χ4v) is 0.964. The molecule has 1 heteroatoms. The van der Waals surface area contributed by atoms with Gasteiger partial charge in [0.25, 0.3) is 0 Å². The first kappa shape index (κ1) is 6.69. The van der Waals surface area contributed by atoms with Crippen LogP contribution in [0.25, 0.3) is 0 Å². The molecule has 0 aromatic heterocycles. The summed E-state index contributed by atoms with van der Waals surface area (Å²) in [5.41, 5.74) is 1.24. The van der Waals surface area contributed by atoms with Gasteiger partial charge in [0.2, 0.25) is 0 Å². The highest BCUT2D eigenvalue weighted by atomic mass is 32.1. The van der Waals surface area contributed by atoms with Crippen LogP contribution >= 0.6 is 12.6 Å². The molecule has 1 aromatic carbocycles. The van der Waals surface area contributed by atoms with Gasteiger partial charge in [-0.25, -0.2) is 0 Å². The summed E-state index contributed by atoms with van der Waals surface area (Å²) in [6.45, 7) is 3.76. The predicted molar refractivity (Wildman–Crippen MR) is 42.8 cm³/mol. The van der Waals surface area contributed by atoms with Gasteiger partial charge in [-0.15, -0.1) is 12.6 Å². The van der Waals surface area contributed by atoms with E-state index in [1.54, 1.807) is 0 Å². The largest absolute Gasteiger partial charge is 0.143 e. The van der Waals surface area contributed by atoms with Gasteiger partial charge in [0, 0.05) is 4.90 Å². The molecule has 0 heterocycles. The monoisotopic (exact) mass is 137 g/mol. The summed E-state index contributed by atoms with van der Waals surface area (Å²) in [7, 11) is 0. The van der Waals surface area contributed by atoms with E-state index in [4.69, 9.17) is 0 Å². The molecule has 0 aliphatic carbocycles. The Morgan fingerprint density at radius 2 is 2.22 bits per heavy atom. The van der Waals surface area contributed by atoms with Crippen LogP contribution in [0, 0.1) is 6.92 Å². The maximum atomic E-state index is 4.18. The van der Waals surface area contributed by atoms with E-state index in [0.717, 1.165) is 11.3 Å². The highest BCUT2D eigenvalue weighted by Crippen LogP contribution is 2.08. The fraction of sp³-hybridized carbons (Fsp3) is 0.125. The van der Waals surface area contributed by atoms with Gasteiger partial charge in [-0.2, -0.15) is 0 Å². The zero-order valence-corrected chi connectivity index (χ0v) is 6.07. The average Bonchev–Trinajstić information content (AvgIpc) is 1.88. The van der Waals surface area contributed by atoms with Gasteiger partial charge in [-0.05, 0) is 31.0 Å². The Hall–Kier alpha value is -0.430. The van der Waals surface area contributed by atoms with Crippen LogP contribution in [-0.2, 0) is 6.42 Å². The minimum absolute atomic E-state index is 0.842. The lowest BCUT2D eigenvalue weighted by molar-refractivity contribution is 1.24. The van der Waals surface area contributed by atoms with Crippen molar-refractivity contribution in [1.29, 1.82) is 0 Å². The number of hydrogen-bond acceptors (Lipinski definition) is 1. The van der Waals surface area contributed by atoms with Gasteiger partial charge in [0.05, 0.1) is 0 Å². The fourth-order valence-electron chi connectivity index (χ4n) is 0.712. The van der Waals surface area contributed by atoms with E-state index >= 15 is 0 Å². The van der Waals surface area contributed by atoms with Crippen LogP contribution < -0.4 is 0 Å². The predicted octanol–water partition coefficient (Wildman–Crippen LogP) is 2.35. The Bertz CT molecular complexity index is 194. The maximum Gasteiger partial charge on any atom is 0.00427 e. The number of thiol groups is 1. The van der Waals surface area contributed by atoms with Crippen molar-refractivity contribution in [3.63, 3.8) is 0 Å². The summed E-state index contributed by atoms with van der Waals surface area (Å²) in [5.74, 6) is 0. The molecule has 0 nitrogen and oxygen atoms in total. The summed E-state index contributed by atoms with van der Waals surface area (Å²) in [5, 5.41) is 0. The van der Waals surface area contributed by atoms with Gasteiger partial charge >= 0.3 is 0 Å². The van der Waals surface area contributed by atoms with Crippen LogP contribution in [0.3, 0.4) is 0 Å². The molecule has 0 amide bonds. The van der Waals surface area contributed by atoms with Crippen molar-refractivity contribution >= 4 is 12.6 Å². The Kier molecular flexibility index (Phi) is 2.17. The van der Waals surface area contributed by atoms with E-state index in [1.165, 1.54) is 5.56 Å². The molecule has 0 saturated heterocycles. The highest BCUT2D eigenvalue weighted by Gasteiger charge is 1.86. The minimum atomic E-state index is 0.842. The Balaban J connectivity index is 2.94. The maximum absolute atomic E-state index is 4.18. The molecule has 0 spiro atoms. The molecule has 1 aromatic rings. The van der Waals surface area contributed by atoms with Crippen molar-refractivity contribution < 1.29 is 0 Å². The molecule has 1 radical (unpaired) electrons. The number of benzene rings is 1. The van der Waals surface area contributed by atoms with E-state index in [2.05, 4.69) is 19.6 Å². The molecule has 47 valence electrons. The van der Waals surface area contributed by atoms with Crippen molar-refractivity contribution in [2.75, 3.05) is 0 Å². The normalized spacial score (nSPS) is 9.56. The second kappa shape index (κ2) is 2.92. The Morgan fingerprint density at radius 1 is 1.44 bits per heavy atom. The zero-order valence-electron chi connectivity index (χ0n) is 5.17. The lowest BCUT2D eigenvalue weighted by Gasteiger charge is -1.94. The third kappa shape index (κ3) is 1.75. The molecule has 0 bridgehead atoms. The standard InChI is InChI=1S/C8H9S/c1-2-7-4-3-5-8(9)6-7/h3-6,9H,1-2H2. The second-order valence-electron chi connectivity index (χ2n) is 1.92. The van der Waals surface area contributed by atoms with Gasteiger partial charge in [0.1, 0.15) is 0 Å². The van der Waals surface area contributed by atoms with E-state index in [9.17, 15) is 0 Å². The van der Waals surface area contributed by atoms with Crippen LogP contribution in [0.15, 0.2) is 29.2 Å². The molecule has 0 fully saturated rings. The Morgan fingerprint density at radius 3 is 2.67 bits per heavy atom. The third-order valence-corrected chi connectivity index (χ3v) is 1.48. The summed E-state index contributed by atoms with van der Waals surface area (Å²) in [6.07, 6.45) is 0.842. The van der Waals surface area contributed by atoms with Gasteiger partial charge in [-0.1, -0.05) is 12.1 Å². The van der Waals surface area contributed by atoms with Crippen molar-refractivity contribution in [1.82, 2.24) is 0 Å². The van der Waals surface area contributed by atoms with Crippen molar-refractivity contribution in [3.05, 3.63) is 36.8 Å². The first-order valence-corrected chi connectivity index (χ1v) is 3.35. The molecule has 0 saturated carbocycles. The first-order valence-electron chi connectivity index (χ1n) is 2.90. The molecule has 0 aliphatic rings. The van der Waals surface area contributed by atoms with Crippen molar-refractivity contribution in [3.8, 4) is 0 Å². The molecule has 0 unspecified atom stereocenters. The van der Waals surface area contributed by atoms with Gasteiger partial charge in [0.15, 0.2) is 0 Å². The molecule has 0 aliphatic heterocycles. The van der Waals surface area contributed by atoms with Gasteiger partial charge < -0.3 is 0 Å². The van der Waals surface area contributed by atoms with Crippen LogP contribution in [-0.4, -0.2) is 0 Å². The van der Waals surface area contributed by atoms with Crippen molar-refractivity contribution in [2.24, 2.45) is 0 Å². The summed E-state index contributed by atoms with van der Waals surface area (Å²) in [6, 6.07) is 8.02. The Labute approximate surface area is 61.3 Å². The lowest BCUT2D eigenvalue weighted by atomic mass is 10.2. The smallest absolute Gasteiger partial charge is 0.00427 e. The van der Waals surface area contributed by atoms with Crippen molar-refractivity contribution in [2.45, 2.75) is 11.3 Å². The SMILES string of the molecule is [CH2]Cc1cccc(S)c1. The van der Waals surface area contributed by atoms with E-state index in [0.29, 0.717) is 0 Å². The summed E-state index contributed by atoms with van der Waals surface area (Å²) >= 11 is 4.18. The topological polar surface area (TPSA) is 0 Å².